The summed E-state index contributed by atoms with van der Waals surface area (Å²) in [5, 5.41) is 5.90. The second kappa shape index (κ2) is 13.6. The van der Waals surface area contributed by atoms with E-state index in [4.69, 9.17) is 0 Å². The van der Waals surface area contributed by atoms with E-state index in [2.05, 4.69) is 55.6 Å². The minimum Gasteiger partial charge on any atom is -0.364 e. The zero-order chi connectivity index (χ0) is 24.9. The quantitative estimate of drug-likeness (QED) is 0.255. The third-order valence-electron chi connectivity index (χ3n) is 4.82. The van der Waals surface area contributed by atoms with Gasteiger partial charge in [-0.25, -0.2) is 13.8 Å². The van der Waals surface area contributed by atoms with Crippen LogP contribution in [-0.2, 0) is 6.54 Å². The maximum atomic E-state index is 15.1. The molecule has 2 heterocycles. The van der Waals surface area contributed by atoms with Crippen LogP contribution >= 0.6 is 0 Å². The lowest BCUT2D eigenvalue weighted by Crippen LogP contribution is -2.14. The molecule has 0 aromatic carbocycles. The zero-order valence-corrected chi connectivity index (χ0v) is 19.5. The third-order valence-corrected chi connectivity index (χ3v) is 4.82. The molecule has 178 valence electrons. The van der Waals surface area contributed by atoms with Gasteiger partial charge in [-0.15, -0.1) is 0 Å². The van der Waals surface area contributed by atoms with E-state index in [1.54, 1.807) is 24.4 Å². The largest absolute Gasteiger partial charge is 0.364 e. The van der Waals surface area contributed by atoms with Crippen molar-refractivity contribution in [2.45, 2.75) is 26.3 Å². The first-order valence-electron chi connectivity index (χ1n) is 10.6. The summed E-state index contributed by atoms with van der Waals surface area (Å²) in [6, 6.07) is 4.80. The Kier molecular flexibility index (Phi) is 10.6. The molecule has 2 aromatic heterocycles. The van der Waals surface area contributed by atoms with Crippen LogP contribution in [0.5, 0.6) is 0 Å². The Morgan fingerprint density at radius 1 is 1.24 bits per heavy atom. The number of hydrogen-bond donors (Lipinski definition) is 2. The lowest BCUT2D eigenvalue weighted by atomic mass is 10.1. The van der Waals surface area contributed by atoms with Crippen molar-refractivity contribution in [3.63, 3.8) is 0 Å². The summed E-state index contributed by atoms with van der Waals surface area (Å²) in [6.45, 7) is 13.2. The van der Waals surface area contributed by atoms with Crippen LogP contribution in [0.3, 0.4) is 0 Å². The van der Waals surface area contributed by atoms with Crippen LogP contribution in [0.15, 0.2) is 81.1 Å². The molecule has 2 aromatic rings. The predicted molar refractivity (Wildman–Crippen MR) is 135 cm³/mol. The van der Waals surface area contributed by atoms with Gasteiger partial charge in [0.05, 0.1) is 0 Å². The van der Waals surface area contributed by atoms with Gasteiger partial charge >= 0.3 is 0 Å². The molecule has 0 amide bonds. The van der Waals surface area contributed by atoms with Gasteiger partial charge in [-0.05, 0) is 56.7 Å². The van der Waals surface area contributed by atoms with Gasteiger partial charge in [0.25, 0.3) is 0 Å². The Morgan fingerprint density at radius 3 is 2.65 bits per heavy atom. The van der Waals surface area contributed by atoms with Crippen molar-refractivity contribution in [2.75, 3.05) is 13.6 Å². The second-order valence-corrected chi connectivity index (χ2v) is 7.26. The number of aryl methyl sites for hydroxylation is 1. The first kappa shape index (κ1) is 26.4. The molecule has 7 nitrogen and oxygen atoms in total. The van der Waals surface area contributed by atoms with Crippen LogP contribution in [0.4, 0.5) is 8.78 Å². The molecule has 0 saturated carbocycles. The Bertz CT molecular complexity index is 1120. The monoisotopic (exact) mass is 465 g/mol. The number of aromatic nitrogens is 2. The topological polar surface area (TPSA) is 86.9 Å². The normalized spacial score (nSPS) is 12.7. The fourth-order valence-corrected chi connectivity index (χ4v) is 3.10. The van der Waals surface area contributed by atoms with Crippen molar-refractivity contribution in [1.29, 1.82) is 0 Å². The van der Waals surface area contributed by atoms with E-state index in [-0.39, 0.29) is 24.5 Å². The highest BCUT2D eigenvalue weighted by atomic mass is 19.1. The van der Waals surface area contributed by atoms with Crippen LogP contribution in [-0.4, -0.2) is 43.3 Å². The molecule has 34 heavy (non-hydrogen) atoms. The molecule has 0 aliphatic heterocycles. The zero-order valence-electron chi connectivity index (χ0n) is 19.5. The Hall–Kier alpha value is -3.85. The maximum absolute atomic E-state index is 15.1. The summed E-state index contributed by atoms with van der Waals surface area (Å²) < 4.78 is 29.9. The molecular weight excluding hydrogens is 436 g/mol. The predicted octanol–water partition coefficient (Wildman–Crippen LogP) is 4.69. The van der Waals surface area contributed by atoms with Gasteiger partial charge in [-0.2, -0.15) is 0 Å². The van der Waals surface area contributed by atoms with E-state index in [9.17, 15) is 4.39 Å². The maximum Gasteiger partial charge on any atom is 0.160 e. The molecule has 0 fully saturated rings. The summed E-state index contributed by atoms with van der Waals surface area (Å²) in [5.74, 6) is -1.11. The van der Waals surface area contributed by atoms with E-state index in [1.165, 1.54) is 12.3 Å². The standard InChI is InChI=1S/C25H29F2N7/c1-6-19(23(30-5)8-9-28-3)13-22(27)25(34-16-29-4)33-15-18-12-21(26)24(32-14-18)20-7-10-31-17(2)11-20/h6-7,10-12,14,16,28,33H,1,4-5,8-9,13,15H2,2-3H3/b23-19+,25-22+,34-16-. The van der Waals surface area contributed by atoms with E-state index >= 15 is 4.39 Å². The number of aliphatic imine (C=N–C) groups is 3. The van der Waals surface area contributed by atoms with E-state index in [0.717, 1.165) is 12.0 Å². The molecular formula is C25H29F2N7. The van der Waals surface area contributed by atoms with E-state index in [0.29, 0.717) is 35.4 Å². The van der Waals surface area contributed by atoms with Crippen LogP contribution < -0.4 is 10.6 Å². The molecule has 0 unspecified atom stereocenters. The molecule has 0 aliphatic rings. The molecule has 0 bridgehead atoms. The molecule has 0 spiro atoms. The molecule has 0 aliphatic carbocycles. The Balaban J connectivity index is 2.25. The SMILES string of the molecule is C=C/C(C/C(F)=C(\N=C/N=C)NCc1cnc(-c2ccnc(C)c2)c(F)c1)=C(/CCNC)N=C. The third kappa shape index (κ3) is 7.63. The van der Waals surface area contributed by atoms with Gasteiger partial charge in [0.1, 0.15) is 23.7 Å². The fraction of sp³-hybridized carbons (Fsp3) is 0.240. The van der Waals surface area contributed by atoms with Gasteiger partial charge in [-0.3, -0.25) is 20.0 Å². The summed E-state index contributed by atoms with van der Waals surface area (Å²) >= 11 is 0. The van der Waals surface area contributed by atoms with Crippen LogP contribution in [0.2, 0.25) is 0 Å². The molecule has 0 radical (unpaired) electrons. The Labute approximate surface area is 198 Å². The first-order valence-corrected chi connectivity index (χ1v) is 10.6. The van der Waals surface area contributed by atoms with E-state index in [1.807, 2.05) is 14.0 Å². The second-order valence-electron chi connectivity index (χ2n) is 7.26. The molecule has 2 N–H and O–H groups in total. The minimum atomic E-state index is -0.558. The number of nitrogens with one attached hydrogen (secondary N) is 2. The highest BCUT2D eigenvalue weighted by molar-refractivity contribution is 5.63. The number of nitrogens with zero attached hydrogens (tertiary/aromatic N) is 5. The van der Waals surface area contributed by atoms with Crippen molar-refractivity contribution >= 4 is 19.8 Å². The molecule has 2 rings (SSSR count). The van der Waals surface area contributed by atoms with Crippen LogP contribution in [0.1, 0.15) is 24.1 Å². The number of halogens is 2. The lowest BCUT2D eigenvalue weighted by molar-refractivity contribution is 0.574. The van der Waals surface area contributed by atoms with E-state index < -0.39 is 11.6 Å². The van der Waals surface area contributed by atoms with Crippen molar-refractivity contribution in [3.05, 3.63) is 83.2 Å². The number of allylic oxidation sites excluding steroid dienone is 3. The number of rotatable bonds is 13. The number of pyridine rings is 2. The number of hydrogen-bond acceptors (Lipinski definition) is 6. The van der Waals surface area contributed by atoms with Crippen molar-refractivity contribution in [2.24, 2.45) is 15.0 Å². The summed E-state index contributed by atoms with van der Waals surface area (Å²) in [5.41, 5.74) is 3.35. The van der Waals surface area contributed by atoms with Gasteiger partial charge in [0.2, 0.25) is 0 Å². The smallest absolute Gasteiger partial charge is 0.160 e. The fourth-order valence-electron chi connectivity index (χ4n) is 3.10. The first-order chi connectivity index (χ1) is 16.4. The highest BCUT2D eigenvalue weighted by Gasteiger charge is 2.12. The minimum absolute atomic E-state index is 0.0574. The molecule has 9 heteroatoms. The summed E-state index contributed by atoms with van der Waals surface area (Å²) in [7, 11) is 1.82. The summed E-state index contributed by atoms with van der Waals surface area (Å²) in [6.07, 6.45) is 6.28. The van der Waals surface area contributed by atoms with Crippen molar-refractivity contribution < 1.29 is 8.78 Å². The lowest BCUT2D eigenvalue weighted by Gasteiger charge is -2.12. The average Bonchev–Trinajstić information content (AvgIpc) is 2.83. The summed E-state index contributed by atoms with van der Waals surface area (Å²) in [4.78, 5) is 19.9. The van der Waals surface area contributed by atoms with Crippen molar-refractivity contribution in [1.82, 2.24) is 20.6 Å². The van der Waals surface area contributed by atoms with Gasteiger partial charge in [-0.1, -0.05) is 12.7 Å². The molecule has 0 atom stereocenters. The van der Waals surface area contributed by atoms with Gasteiger partial charge < -0.3 is 10.6 Å². The van der Waals surface area contributed by atoms with Crippen molar-refractivity contribution in [3.8, 4) is 11.3 Å². The average molecular weight is 466 g/mol. The van der Waals surface area contributed by atoms with Crippen LogP contribution in [0.25, 0.3) is 11.3 Å². The Morgan fingerprint density at radius 2 is 2.03 bits per heavy atom. The van der Waals surface area contributed by atoms with Gasteiger partial charge in [0, 0.05) is 55.3 Å². The van der Waals surface area contributed by atoms with Crippen LogP contribution in [0, 0.1) is 12.7 Å². The van der Waals surface area contributed by atoms with Gasteiger partial charge in [0.15, 0.2) is 5.82 Å². The molecule has 0 saturated heterocycles. The highest BCUT2D eigenvalue weighted by Crippen LogP contribution is 2.23.